The van der Waals surface area contributed by atoms with E-state index >= 15 is 0 Å². The van der Waals surface area contributed by atoms with E-state index in [2.05, 4.69) is 34.3 Å². The van der Waals surface area contributed by atoms with Crippen LogP contribution in [0.15, 0.2) is 49.1 Å². The molecule has 0 bridgehead atoms. The monoisotopic (exact) mass is 498 g/mol. The van der Waals surface area contributed by atoms with Crippen molar-refractivity contribution in [3.63, 3.8) is 0 Å². The maximum Gasteiger partial charge on any atom is 0.246 e. The first-order chi connectivity index (χ1) is 18.0. The molecule has 0 unspecified atom stereocenters. The first kappa shape index (κ1) is 23.6. The Morgan fingerprint density at radius 3 is 2.65 bits per heavy atom. The molecule has 4 heterocycles. The van der Waals surface area contributed by atoms with Gasteiger partial charge in [0.15, 0.2) is 0 Å². The second-order valence-corrected chi connectivity index (χ2v) is 10.4. The van der Waals surface area contributed by atoms with Crippen LogP contribution in [-0.2, 0) is 17.8 Å². The number of rotatable bonds is 4. The number of phenolic OH excluding ortho intramolecular Hbond substituents is 1. The zero-order valence-electron chi connectivity index (χ0n) is 21.4. The van der Waals surface area contributed by atoms with Crippen molar-refractivity contribution >= 4 is 34.1 Å². The van der Waals surface area contributed by atoms with Gasteiger partial charge in [-0.25, -0.2) is 4.98 Å². The Balaban J connectivity index is 1.37. The average Bonchev–Trinajstić information content (AvgIpc) is 3.46. The third-order valence-electron chi connectivity index (χ3n) is 7.97. The van der Waals surface area contributed by atoms with Gasteiger partial charge in [-0.15, -0.1) is 0 Å². The lowest BCUT2D eigenvalue weighted by atomic mass is 10.0. The van der Waals surface area contributed by atoms with Crippen LogP contribution in [0, 0.1) is 0 Å². The van der Waals surface area contributed by atoms with Gasteiger partial charge in [-0.1, -0.05) is 30.8 Å². The largest absolute Gasteiger partial charge is 0.508 e. The molecule has 37 heavy (non-hydrogen) atoms. The maximum atomic E-state index is 12.2. The number of amides is 1. The number of anilines is 3. The normalized spacial score (nSPS) is 19.9. The molecule has 6 rings (SSSR count). The minimum absolute atomic E-state index is 0.0112. The molecule has 0 saturated carbocycles. The van der Waals surface area contributed by atoms with Crippen molar-refractivity contribution in [2.75, 3.05) is 54.0 Å². The Kier molecular flexibility index (Phi) is 6.10. The van der Waals surface area contributed by atoms with Crippen molar-refractivity contribution < 1.29 is 9.90 Å². The number of hydrogen-bond donors (Lipinski definition) is 1. The summed E-state index contributed by atoms with van der Waals surface area (Å²) in [6.07, 6.45) is 4.55. The average molecular weight is 499 g/mol. The van der Waals surface area contributed by atoms with Gasteiger partial charge in [0, 0.05) is 68.0 Å². The fourth-order valence-corrected chi connectivity index (χ4v) is 6.04. The highest BCUT2D eigenvalue weighted by Crippen LogP contribution is 2.37. The summed E-state index contributed by atoms with van der Waals surface area (Å²) in [5.74, 6) is 2.10. The number of fused-ring (bicyclic) bond motifs is 2. The first-order valence-electron chi connectivity index (χ1n) is 13.3. The second-order valence-electron chi connectivity index (χ2n) is 10.4. The molecule has 2 saturated heterocycles. The van der Waals surface area contributed by atoms with Gasteiger partial charge in [0.25, 0.3) is 0 Å². The number of carbonyl (C=O) groups excluding carboxylic acids is 1. The Bertz CT molecular complexity index is 1350. The highest BCUT2D eigenvalue weighted by Gasteiger charge is 2.32. The van der Waals surface area contributed by atoms with Crippen LogP contribution >= 0.6 is 0 Å². The fourth-order valence-electron chi connectivity index (χ4n) is 6.04. The summed E-state index contributed by atoms with van der Waals surface area (Å²) in [5, 5.41) is 12.6. The molecule has 2 aromatic carbocycles. The molecule has 0 aliphatic carbocycles. The zero-order valence-corrected chi connectivity index (χ0v) is 21.4. The number of aromatic hydroxyl groups is 1. The number of hydrogen-bond acceptors (Lipinski definition) is 7. The topological polar surface area (TPSA) is 76.0 Å². The van der Waals surface area contributed by atoms with Crippen molar-refractivity contribution in [1.29, 1.82) is 0 Å². The van der Waals surface area contributed by atoms with E-state index < -0.39 is 0 Å². The first-order valence-corrected chi connectivity index (χ1v) is 13.3. The summed E-state index contributed by atoms with van der Waals surface area (Å²) < 4.78 is 0. The van der Waals surface area contributed by atoms with Crippen LogP contribution in [0.25, 0.3) is 10.8 Å². The number of piperazine rings is 1. The minimum atomic E-state index is -0.0112. The van der Waals surface area contributed by atoms with Crippen LogP contribution < -0.4 is 14.7 Å². The number of carbonyl (C=O) groups is 1. The zero-order chi connectivity index (χ0) is 25.5. The van der Waals surface area contributed by atoms with Crippen LogP contribution in [0.1, 0.15) is 31.0 Å². The lowest BCUT2D eigenvalue weighted by Gasteiger charge is -2.42. The summed E-state index contributed by atoms with van der Waals surface area (Å²) in [4.78, 5) is 31.4. The van der Waals surface area contributed by atoms with E-state index in [0.29, 0.717) is 19.6 Å². The number of phenols is 1. The van der Waals surface area contributed by atoms with Gasteiger partial charge in [0.05, 0.1) is 12.2 Å². The quantitative estimate of drug-likeness (QED) is 0.550. The third kappa shape index (κ3) is 4.34. The summed E-state index contributed by atoms with van der Waals surface area (Å²) in [7, 11) is 0. The molecule has 2 fully saturated rings. The molecule has 0 spiro atoms. The highest BCUT2D eigenvalue weighted by atomic mass is 16.3. The van der Waals surface area contributed by atoms with Gasteiger partial charge in [-0.3, -0.25) is 4.79 Å². The molecule has 192 valence electrons. The Morgan fingerprint density at radius 2 is 1.86 bits per heavy atom. The lowest BCUT2D eigenvalue weighted by Crippen LogP contribution is -2.54. The molecule has 1 atom stereocenters. The van der Waals surface area contributed by atoms with Crippen molar-refractivity contribution in [2.24, 2.45) is 0 Å². The summed E-state index contributed by atoms with van der Waals surface area (Å²) in [6.45, 7) is 11.3. The van der Waals surface area contributed by atoms with Gasteiger partial charge >= 0.3 is 0 Å². The van der Waals surface area contributed by atoms with Crippen LogP contribution in [0.3, 0.4) is 0 Å². The smallest absolute Gasteiger partial charge is 0.246 e. The van der Waals surface area contributed by atoms with E-state index in [1.54, 1.807) is 0 Å². The molecule has 0 radical (unpaired) electrons. The minimum Gasteiger partial charge on any atom is -0.508 e. The van der Waals surface area contributed by atoms with Crippen LogP contribution in [0.5, 0.6) is 5.75 Å². The molecule has 1 aromatic heterocycles. The van der Waals surface area contributed by atoms with E-state index in [0.717, 1.165) is 79.4 Å². The summed E-state index contributed by atoms with van der Waals surface area (Å²) >= 11 is 0. The predicted molar refractivity (Wildman–Crippen MR) is 147 cm³/mol. The lowest BCUT2D eigenvalue weighted by molar-refractivity contribution is -0.126. The molecule has 3 aliphatic rings. The van der Waals surface area contributed by atoms with E-state index in [-0.39, 0.29) is 17.7 Å². The fraction of sp³-hybridized carbons (Fsp3) is 0.414. The number of nitrogens with zero attached hydrogens (tertiary/aromatic N) is 6. The summed E-state index contributed by atoms with van der Waals surface area (Å²) in [5.41, 5.74) is 3.30. The number of aromatic nitrogens is 2. The van der Waals surface area contributed by atoms with Gasteiger partial charge < -0.3 is 24.7 Å². The van der Waals surface area contributed by atoms with E-state index in [9.17, 15) is 9.90 Å². The standard InChI is InChI=1S/C29H34N6O2/c1-3-27(37)34-14-15-35(20(2)18-34)28-24-10-13-33(19-25(24)30-29(31-28)32-11-6-7-12-32)26-17-22(36)16-21-8-4-5-9-23(21)26/h3-5,8-9,16-17,20,36H,1,6-7,10-15,18-19H2,2H3/t20-/m0/s1. The van der Waals surface area contributed by atoms with Crippen LogP contribution in [-0.4, -0.2) is 71.2 Å². The van der Waals surface area contributed by atoms with E-state index in [1.165, 1.54) is 11.6 Å². The molecule has 8 nitrogen and oxygen atoms in total. The molecular formula is C29H34N6O2. The van der Waals surface area contributed by atoms with Crippen molar-refractivity contribution in [1.82, 2.24) is 14.9 Å². The van der Waals surface area contributed by atoms with Crippen LogP contribution in [0.4, 0.5) is 17.5 Å². The second kappa shape index (κ2) is 9.57. The van der Waals surface area contributed by atoms with Crippen LogP contribution in [0.2, 0.25) is 0 Å². The third-order valence-corrected chi connectivity index (χ3v) is 7.97. The van der Waals surface area contributed by atoms with Gasteiger partial charge in [0.1, 0.15) is 11.6 Å². The Labute approximate surface area is 217 Å². The molecule has 3 aliphatic heterocycles. The van der Waals surface area contributed by atoms with Crippen molar-refractivity contribution in [3.8, 4) is 5.75 Å². The highest BCUT2D eigenvalue weighted by molar-refractivity contribution is 5.95. The Morgan fingerprint density at radius 1 is 1.05 bits per heavy atom. The molecule has 1 amide bonds. The SMILES string of the molecule is C=CC(=O)N1CCN(c2nc(N3CCCC3)nc3c2CCN(c2cc(O)cc4ccccc24)C3)[C@@H](C)C1. The molecular weight excluding hydrogens is 464 g/mol. The molecule has 3 aromatic rings. The van der Waals surface area contributed by atoms with Gasteiger partial charge in [-0.2, -0.15) is 4.98 Å². The van der Waals surface area contributed by atoms with E-state index in [1.807, 2.05) is 35.2 Å². The maximum absolute atomic E-state index is 12.2. The summed E-state index contributed by atoms with van der Waals surface area (Å²) in [6, 6.07) is 12.0. The van der Waals surface area contributed by atoms with E-state index in [4.69, 9.17) is 9.97 Å². The van der Waals surface area contributed by atoms with Gasteiger partial charge in [0.2, 0.25) is 11.9 Å². The molecule has 8 heteroatoms. The van der Waals surface area contributed by atoms with Gasteiger partial charge in [-0.05, 0) is 43.7 Å². The van der Waals surface area contributed by atoms with Crippen molar-refractivity contribution in [2.45, 2.75) is 38.8 Å². The predicted octanol–water partition coefficient (Wildman–Crippen LogP) is 3.72. The van der Waals surface area contributed by atoms with Crippen molar-refractivity contribution in [3.05, 3.63) is 60.3 Å². The number of benzene rings is 2. The Hall–Kier alpha value is -3.81. The molecule has 1 N–H and O–H groups in total.